The Morgan fingerprint density at radius 1 is 1.24 bits per heavy atom. The molecule has 0 aromatic heterocycles. The molecule has 1 aromatic rings. The summed E-state index contributed by atoms with van der Waals surface area (Å²) in [5.74, 6) is 0.406. The molecule has 1 saturated heterocycles. The number of amides is 1. The second kappa shape index (κ2) is 9.19. The lowest BCUT2D eigenvalue weighted by atomic mass is 9.95. The molecule has 2 aliphatic rings. The predicted molar refractivity (Wildman–Crippen MR) is 103 cm³/mol. The van der Waals surface area contributed by atoms with Crippen molar-refractivity contribution in [2.45, 2.75) is 58.4 Å². The first-order chi connectivity index (χ1) is 12.2. The van der Waals surface area contributed by atoms with Crippen molar-refractivity contribution in [2.24, 2.45) is 5.92 Å². The normalized spacial score (nSPS) is 21.6. The van der Waals surface area contributed by atoms with E-state index in [0.29, 0.717) is 0 Å². The summed E-state index contributed by atoms with van der Waals surface area (Å²) < 4.78 is 0. The van der Waals surface area contributed by atoms with Crippen molar-refractivity contribution < 1.29 is 4.79 Å². The van der Waals surface area contributed by atoms with Crippen molar-refractivity contribution in [3.8, 4) is 0 Å². The van der Waals surface area contributed by atoms with Crippen LogP contribution in [0.2, 0.25) is 0 Å². The number of benzene rings is 1. The van der Waals surface area contributed by atoms with Crippen molar-refractivity contribution in [1.29, 1.82) is 0 Å². The van der Waals surface area contributed by atoms with E-state index in [2.05, 4.69) is 47.5 Å². The molecule has 1 atom stereocenters. The van der Waals surface area contributed by atoms with E-state index in [1.807, 2.05) is 0 Å². The molecule has 1 aliphatic heterocycles. The zero-order valence-corrected chi connectivity index (χ0v) is 15.6. The smallest absolute Gasteiger partial charge is 0.224 e. The molecule has 1 N–H and O–H groups in total. The lowest BCUT2D eigenvalue weighted by Gasteiger charge is -2.32. The Hall–Kier alpha value is -1.61. The third kappa shape index (κ3) is 5.43. The number of likely N-dealkylation sites (tertiary alicyclic amines) is 1. The van der Waals surface area contributed by atoms with Gasteiger partial charge in [-0.2, -0.15) is 0 Å². The highest BCUT2D eigenvalue weighted by atomic mass is 16.1. The maximum atomic E-state index is 12.5. The number of rotatable bonds is 6. The van der Waals surface area contributed by atoms with Gasteiger partial charge in [0.1, 0.15) is 0 Å². The van der Waals surface area contributed by atoms with Crippen LogP contribution in [0.25, 0.3) is 0 Å². The number of aryl methyl sites for hydroxylation is 1. The zero-order valence-electron chi connectivity index (χ0n) is 15.6. The topological polar surface area (TPSA) is 32.3 Å². The average molecular weight is 341 g/mol. The first kappa shape index (κ1) is 18.2. The Labute approximate surface area is 152 Å². The van der Waals surface area contributed by atoms with E-state index in [0.717, 1.165) is 45.4 Å². The number of piperidine rings is 1. The third-order valence-corrected chi connectivity index (χ3v) is 5.66. The summed E-state index contributed by atoms with van der Waals surface area (Å²) in [4.78, 5) is 15.0. The average Bonchev–Trinajstić information content (AvgIpc) is 2.65. The fourth-order valence-corrected chi connectivity index (χ4v) is 4.06. The summed E-state index contributed by atoms with van der Waals surface area (Å²) in [7, 11) is 0. The maximum absolute atomic E-state index is 12.5. The predicted octanol–water partition coefficient (Wildman–Crippen LogP) is 4.21. The summed E-state index contributed by atoms with van der Waals surface area (Å²) in [6.07, 6.45) is 10.6. The molecule has 0 radical (unpaired) electrons. The summed E-state index contributed by atoms with van der Waals surface area (Å²) in [5, 5.41) is 3.19. The molecular formula is C22H32N2O. The van der Waals surface area contributed by atoms with Crippen LogP contribution >= 0.6 is 0 Å². The monoisotopic (exact) mass is 340 g/mol. The van der Waals surface area contributed by atoms with E-state index in [4.69, 9.17) is 0 Å². The van der Waals surface area contributed by atoms with Gasteiger partial charge in [-0.15, -0.1) is 0 Å². The highest BCUT2D eigenvalue weighted by Gasteiger charge is 2.25. The van der Waals surface area contributed by atoms with Crippen LogP contribution in [0.5, 0.6) is 0 Å². The van der Waals surface area contributed by atoms with Gasteiger partial charge in [0.15, 0.2) is 0 Å². The van der Waals surface area contributed by atoms with E-state index >= 15 is 0 Å². The SMILES string of the molecule is Cc1ccccc1CN1CCCC(C(=O)NCCC2=CCCCC2)C1. The first-order valence-electron chi connectivity index (χ1n) is 9.95. The highest BCUT2D eigenvalue weighted by Crippen LogP contribution is 2.21. The quantitative estimate of drug-likeness (QED) is 0.787. The molecule has 3 rings (SSSR count). The van der Waals surface area contributed by atoms with Crippen molar-refractivity contribution in [2.75, 3.05) is 19.6 Å². The van der Waals surface area contributed by atoms with Crippen LogP contribution in [-0.4, -0.2) is 30.4 Å². The number of hydrogen-bond acceptors (Lipinski definition) is 2. The molecule has 1 aromatic carbocycles. The van der Waals surface area contributed by atoms with E-state index in [9.17, 15) is 4.79 Å². The standard InChI is InChI=1S/C22H32N2O/c1-18-8-5-6-11-20(18)16-24-15-7-12-21(17-24)22(25)23-14-13-19-9-3-2-4-10-19/h5-6,8-9,11,21H,2-4,7,10,12-17H2,1H3,(H,23,25). The van der Waals surface area contributed by atoms with Crippen LogP contribution in [0.3, 0.4) is 0 Å². The molecule has 1 unspecified atom stereocenters. The second-order valence-electron chi connectivity index (χ2n) is 7.65. The lowest BCUT2D eigenvalue weighted by Crippen LogP contribution is -2.43. The molecule has 0 spiro atoms. The minimum Gasteiger partial charge on any atom is -0.356 e. The van der Waals surface area contributed by atoms with E-state index < -0.39 is 0 Å². The number of nitrogens with one attached hydrogen (secondary N) is 1. The fourth-order valence-electron chi connectivity index (χ4n) is 4.06. The first-order valence-corrected chi connectivity index (χ1v) is 9.95. The number of nitrogens with zero attached hydrogens (tertiary/aromatic N) is 1. The number of carbonyl (C=O) groups is 1. The van der Waals surface area contributed by atoms with Gasteiger partial charge in [0.05, 0.1) is 5.92 Å². The number of carbonyl (C=O) groups excluding carboxylic acids is 1. The zero-order chi connectivity index (χ0) is 17.5. The van der Waals surface area contributed by atoms with Crippen molar-refractivity contribution in [1.82, 2.24) is 10.2 Å². The molecule has 1 amide bonds. The minimum atomic E-state index is 0.151. The van der Waals surface area contributed by atoms with Crippen LogP contribution in [0, 0.1) is 12.8 Å². The molecule has 136 valence electrons. The summed E-state index contributed by atoms with van der Waals surface area (Å²) in [6, 6.07) is 8.57. The van der Waals surface area contributed by atoms with Crippen LogP contribution < -0.4 is 5.32 Å². The Bertz CT molecular complexity index is 608. The van der Waals surface area contributed by atoms with Crippen molar-refractivity contribution >= 4 is 5.91 Å². The lowest BCUT2D eigenvalue weighted by molar-refractivity contribution is -0.126. The van der Waals surface area contributed by atoms with E-state index in [1.54, 1.807) is 0 Å². The second-order valence-corrected chi connectivity index (χ2v) is 7.65. The van der Waals surface area contributed by atoms with Gasteiger partial charge in [0.2, 0.25) is 5.91 Å². The fraction of sp³-hybridized carbons (Fsp3) is 0.591. The van der Waals surface area contributed by atoms with Crippen LogP contribution in [0.1, 0.15) is 56.1 Å². The Kier molecular flexibility index (Phi) is 6.69. The van der Waals surface area contributed by atoms with Crippen LogP contribution in [0.15, 0.2) is 35.9 Å². The van der Waals surface area contributed by atoms with Gasteiger partial charge in [0.25, 0.3) is 0 Å². The summed E-state index contributed by atoms with van der Waals surface area (Å²) >= 11 is 0. The molecule has 1 heterocycles. The Morgan fingerprint density at radius 3 is 2.92 bits per heavy atom. The molecule has 0 saturated carbocycles. The van der Waals surface area contributed by atoms with E-state index in [1.165, 1.54) is 42.4 Å². The number of hydrogen-bond donors (Lipinski definition) is 1. The van der Waals surface area contributed by atoms with Gasteiger partial charge in [-0.05, 0) is 69.5 Å². The largest absolute Gasteiger partial charge is 0.356 e. The third-order valence-electron chi connectivity index (χ3n) is 5.66. The minimum absolute atomic E-state index is 0.151. The summed E-state index contributed by atoms with van der Waals surface area (Å²) in [5.41, 5.74) is 4.26. The van der Waals surface area contributed by atoms with Gasteiger partial charge >= 0.3 is 0 Å². The van der Waals surface area contributed by atoms with Crippen LogP contribution in [0.4, 0.5) is 0 Å². The van der Waals surface area contributed by atoms with E-state index in [-0.39, 0.29) is 11.8 Å². The highest BCUT2D eigenvalue weighted by molar-refractivity contribution is 5.78. The number of allylic oxidation sites excluding steroid dienone is 1. The molecule has 25 heavy (non-hydrogen) atoms. The molecule has 3 heteroatoms. The molecule has 3 nitrogen and oxygen atoms in total. The Morgan fingerprint density at radius 2 is 2.12 bits per heavy atom. The van der Waals surface area contributed by atoms with Gasteiger partial charge in [0, 0.05) is 19.6 Å². The van der Waals surface area contributed by atoms with Crippen molar-refractivity contribution in [3.05, 3.63) is 47.0 Å². The van der Waals surface area contributed by atoms with Gasteiger partial charge in [-0.1, -0.05) is 35.9 Å². The van der Waals surface area contributed by atoms with Crippen LogP contribution in [-0.2, 0) is 11.3 Å². The Balaban J connectivity index is 1.44. The van der Waals surface area contributed by atoms with Gasteiger partial charge in [-0.25, -0.2) is 0 Å². The molecule has 0 bridgehead atoms. The molecular weight excluding hydrogens is 308 g/mol. The molecule has 1 aliphatic carbocycles. The van der Waals surface area contributed by atoms with Gasteiger partial charge < -0.3 is 5.32 Å². The summed E-state index contributed by atoms with van der Waals surface area (Å²) in [6.45, 7) is 5.93. The molecule has 1 fully saturated rings. The maximum Gasteiger partial charge on any atom is 0.224 e. The van der Waals surface area contributed by atoms with Gasteiger partial charge in [-0.3, -0.25) is 9.69 Å². The van der Waals surface area contributed by atoms with Crippen molar-refractivity contribution in [3.63, 3.8) is 0 Å².